The number of carbonyl (C=O) groups excluding carboxylic acids is 1. The summed E-state index contributed by atoms with van der Waals surface area (Å²) < 4.78 is 23.8. The lowest BCUT2D eigenvalue weighted by molar-refractivity contribution is 0.0697. The van der Waals surface area contributed by atoms with Crippen LogP contribution < -0.4 is 4.90 Å². The van der Waals surface area contributed by atoms with Crippen molar-refractivity contribution in [3.8, 4) is 10.6 Å². The SMILES string of the molecule is Cc1nc(C)c(-c2cc3c(c(N4CC(S(C)(=O)=O)C4)n2)C(=O)N([C@@H](C)C2CC2)C3)s1. The Morgan fingerprint density at radius 1 is 1.20 bits per heavy atom. The quantitative estimate of drug-likeness (QED) is 0.702. The molecular formula is C21H26N4O3S2. The van der Waals surface area contributed by atoms with Gasteiger partial charge in [0.2, 0.25) is 0 Å². The third-order valence-corrected chi connectivity index (χ3v) is 9.19. The molecule has 5 rings (SSSR count). The Kier molecular flexibility index (Phi) is 4.49. The number of hydrogen-bond donors (Lipinski definition) is 0. The molecule has 30 heavy (non-hydrogen) atoms. The number of nitrogens with zero attached hydrogens (tertiary/aromatic N) is 4. The van der Waals surface area contributed by atoms with E-state index in [1.165, 1.54) is 19.1 Å². The molecule has 1 atom stereocenters. The topological polar surface area (TPSA) is 83.5 Å². The number of pyridine rings is 1. The summed E-state index contributed by atoms with van der Waals surface area (Å²) in [7, 11) is -3.10. The first kappa shape index (κ1) is 19.9. The van der Waals surface area contributed by atoms with Gasteiger partial charge in [-0.15, -0.1) is 11.3 Å². The molecule has 0 N–H and O–H groups in total. The van der Waals surface area contributed by atoms with Crippen molar-refractivity contribution in [2.75, 3.05) is 24.2 Å². The first-order chi connectivity index (χ1) is 14.1. The molecule has 7 nitrogen and oxygen atoms in total. The fraction of sp³-hybridized carbons (Fsp3) is 0.571. The van der Waals surface area contributed by atoms with Crippen molar-refractivity contribution in [2.24, 2.45) is 5.92 Å². The van der Waals surface area contributed by atoms with Crippen LogP contribution in [0.15, 0.2) is 6.07 Å². The van der Waals surface area contributed by atoms with Gasteiger partial charge in [-0.05, 0) is 51.2 Å². The van der Waals surface area contributed by atoms with E-state index in [1.54, 1.807) is 11.3 Å². The van der Waals surface area contributed by atoms with Gasteiger partial charge in [0.15, 0.2) is 9.84 Å². The Morgan fingerprint density at radius 2 is 1.90 bits per heavy atom. The van der Waals surface area contributed by atoms with Crippen molar-refractivity contribution in [1.82, 2.24) is 14.9 Å². The summed E-state index contributed by atoms with van der Waals surface area (Å²) in [5, 5.41) is 0.580. The van der Waals surface area contributed by atoms with Crippen molar-refractivity contribution >= 4 is 32.9 Å². The van der Waals surface area contributed by atoms with Crippen LogP contribution in [0.25, 0.3) is 10.6 Å². The van der Waals surface area contributed by atoms with Crippen LogP contribution >= 0.6 is 11.3 Å². The first-order valence-corrected chi connectivity index (χ1v) is 13.1. The molecule has 2 aromatic heterocycles. The molecular weight excluding hydrogens is 420 g/mol. The van der Waals surface area contributed by atoms with Crippen molar-refractivity contribution in [2.45, 2.75) is 51.4 Å². The largest absolute Gasteiger partial charge is 0.353 e. The van der Waals surface area contributed by atoms with Gasteiger partial charge in [0.05, 0.1) is 32.1 Å². The van der Waals surface area contributed by atoms with Crippen LogP contribution in [-0.2, 0) is 16.4 Å². The summed E-state index contributed by atoms with van der Waals surface area (Å²) in [6.07, 6.45) is 3.63. The average molecular weight is 447 g/mol. The van der Waals surface area contributed by atoms with E-state index in [0.717, 1.165) is 26.8 Å². The Bertz CT molecular complexity index is 1150. The minimum atomic E-state index is -3.10. The van der Waals surface area contributed by atoms with Crippen LogP contribution in [0.1, 0.15) is 46.4 Å². The van der Waals surface area contributed by atoms with Crippen LogP contribution in [0, 0.1) is 19.8 Å². The third-order valence-electron chi connectivity index (χ3n) is 6.58. The molecule has 0 aromatic carbocycles. The minimum absolute atomic E-state index is 0.0264. The summed E-state index contributed by atoms with van der Waals surface area (Å²) in [6.45, 7) is 7.44. The molecule has 0 bridgehead atoms. The number of carbonyl (C=O) groups is 1. The molecule has 2 aliphatic heterocycles. The van der Waals surface area contributed by atoms with Crippen molar-refractivity contribution < 1.29 is 13.2 Å². The first-order valence-electron chi connectivity index (χ1n) is 10.4. The number of fused-ring (bicyclic) bond motifs is 1. The fourth-order valence-electron chi connectivity index (χ4n) is 4.50. The normalized spacial score (nSPS) is 20.5. The van der Waals surface area contributed by atoms with Crippen molar-refractivity contribution in [3.05, 3.63) is 27.9 Å². The van der Waals surface area contributed by atoms with E-state index in [1.807, 2.05) is 29.7 Å². The standard InChI is InChI=1S/C21H26N4O3S2/c1-11-19(29-13(3)22-11)17-7-15-8-25(12(2)14-5-6-14)21(26)18(15)20(23-17)24-9-16(10-24)30(4,27)28/h7,12,14,16H,5-6,8-10H2,1-4H3/t12-/m0/s1. The molecule has 9 heteroatoms. The fourth-order valence-corrected chi connectivity index (χ4v) is 6.28. The molecule has 3 aliphatic rings. The lowest BCUT2D eigenvalue weighted by atomic mass is 10.1. The number of sulfone groups is 1. The smallest absolute Gasteiger partial charge is 0.258 e. The van der Waals surface area contributed by atoms with Gasteiger partial charge in [-0.3, -0.25) is 4.79 Å². The van der Waals surface area contributed by atoms with Crippen LogP contribution in [0.2, 0.25) is 0 Å². The predicted octanol–water partition coefficient (Wildman–Crippen LogP) is 2.81. The zero-order chi connectivity index (χ0) is 21.4. The number of anilines is 1. The number of aryl methyl sites for hydroxylation is 2. The molecule has 1 amide bonds. The summed E-state index contributed by atoms with van der Waals surface area (Å²) in [4.78, 5) is 27.7. The van der Waals surface area contributed by atoms with E-state index in [0.29, 0.717) is 36.9 Å². The Labute approximate surface area is 181 Å². The van der Waals surface area contributed by atoms with Gasteiger partial charge in [-0.2, -0.15) is 0 Å². The molecule has 0 unspecified atom stereocenters. The zero-order valence-electron chi connectivity index (χ0n) is 17.7. The number of amides is 1. The number of hydrogen-bond acceptors (Lipinski definition) is 7. The van der Waals surface area contributed by atoms with Crippen molar-refractivity contribution in [1.29, 1.82) is 0 Å². The summed E-state index contributed by atoms with van der Waals surface area (Å²) >= 11 is 1.60. The Hall–Kier alpha value is -2.00. The van der Waals surface area contributed by atoms with Gasteiger partial charge in [0, 0.05) is 31.9 Å². The van der Waals surface area contributed by atoms with Crippen molar-refractivity contribution in [3.63, 3.8) is 0 Å². The van der Waals surface area contributed by atoms with Crippen LogP contribution in [0.5, 0.6) is 0 Å². The molecule has 0 spiro atoms. The number of thiazole rings is 1. The highest BCUT2D eigenvalue weighted by atomic mass is 32.2. The summed E-state index contributed by atoms with van der Waals surface area (Å²) in [5.74, 6) is 1.24. The lowest BCUT2D eigenvalue weighted by Gasteiger charge is -2.39. The van der Waals surface area contributed by atoms with Crippen LogP contribution in [0.4, 0.5) is 5.82 Å². The number of aromatic nitrogens is 2. The van der Waals surface area contributed by atoms with E-state index >= 15 is 0 Å². The van der Waals surface area contributed by atoms with Gasteiger partial charge >= 0.3 is 0 Å². The molecule has 0 radical (unpaired) electrons. The summed E-state index contributed by atoms with van der Waals surface area (Å²) in [6, 6.07) is 2.25. The van der Waals surface area contributed by atoms with Gasteiger partial charge in [-0.25, -0.2) is 18.4 Å². The van der Waals surface area contributed by atoms with E-state index in [-0.39, 0.29) is 11.9 Å². The van der Waals surface area contributed by atoms with E-state index in [4.69, 9.17) is 4.98 Å². The molecule has 2 fully saturated rings. The molecule has 1 saturated carbocycles. The second-order valence-electron chi connectivity index (χ2n) is 8.88. The molecule has 1 saturated heterocycles. The molecule has 160 valence electrons. The molecule has 1 aliphatic carbocycles. The maximum Gasteiger partial charge on any atom is 0.258 e. The average Bonchev–Trinajstić information content (AvgIpc) is 3.33. The highest BCUT2D eigenvalue weighted by Gasteiger charge is 2.43. The van der Waals surface area contributed by atoms with Gasteiger partial charge < -0.3 is 9.80 Å². The van der Waals surface area contributed by atoms with E-state index in [9.17, 15) is 13.2 Å². The monoisotopic (exact) mass is 446 g/mol. The third kappa shape index (κ3) is 3.22. The zero-order valence-corrected chi connectivity index (χ0v) is 19.3. The molecule has 2 aromatic rings. The highest BCUT2D eigenvalue weighted by Crippen LogP contribution is 2.42. The minimum Gasteiger partial charge on any atom is -0.353 e. The van der Waals surface area contributed by atoms with Crippen LogP contribution in [0.3, 0.4) is 0 Å². The Morgan fingerprint density at radius 3 is 2.47 bits per heavy atom. The maximum absolute atomic E-state index is 13.4. The van der Waals surface area contributed by atoms with E-state index in [2.05, 4.69) is 11.9 Å². The van der Waals surface area contributed by atoms with Gasteiger partial charge in [-0.1, -0.05) is 0 Å². The highest BCUT2D eigenvalue weighted by molar-refractivity contribution is 7.91. The lowest BCUT2D eigenvalue weighted by Crippen LogP contribution is -2.55. The van der Waals surface area contributed by atoms with Crippen LogP contribution in [-0.4, -0.2) is 59.8 Å². The van der Waals surface area contributed by atoms with Gasteiger partial charge in [0.1, 0.15) is 5.82 Å². The maximum atomic E-state index is 13.4. The summed E-state index contributed by atoms with van der Waals surface area (Å²) in [5.41, 5.74) is 3.39. The molecule has 4 heterocycles. The number of rotatable bonds is 5. The second-order valence-corrected chi connectivity index (χ2v) is 12.4. The predicted molar refractivity (Wildman–Crippen MR) is 118 cm³/mol. The second kappa shape index (κ2) is 6.75. The Balaban J connectivity index is 1.57. The van der Waals surface area contributed by atoms with E-state index < -0.39 is 15.1 Å². The van der Waals surface area contributed by atoms with Gasteiger partial charge in [0.25, 0.3) is 5.91 Å².